The Balaban J connectivity index is 1.38. The number of benzene rings is 3. The molecule has 2 N–H and O–H groups in total. The van der Waals surface area contributed by atoms with Gasteiger partial charge in [-0.15, -0.1) is 0 Å². The number of hydrogen-bond donors (Lipinski definition) is 2. The maximum atomic E-state index is 13.0. The first-order valence-corrected chi connectivity index (χ1v) is 11.0. The van der Waals surface area contributed by atoms with Crippen molar-refractivity contribution in [3.63, 3.8) is 0 Å². The number of anilines is 4. The number of nitrogens with zero attached hydrogens (tertiary/aromatic N) is 2. The van der Waals surface area contributed by atoms with E-state index >= 15 is 0 Å². The third-order valence-electron chi connectivity index (χ3n) is 5.77. The molecule has 1 aliphatic rings. The second-order valence-electron chi connectivity index (χ2n) is 8.09. The zero-order valence-electron chi connectivity index (χ0n) is 18.3. The predicted octanol–water partition coefficient (Wildman–Crippen LogP) is 4.81. The molecule has 0 saturated carbocycles. The number of carbonyl (C=O) groups is 3. The Labute approximate surface area is 196 Å². The van der Waals surface area contributed by atoms with Gasteiger partial charge in [0.05, 0.1) is 11.4 Å². The number of carbonyl (C=O) groups excluding carboxylic acids is 3. The first-order valence-electron chi connectivity index (χ1n) is 11.0. The van der Waals surface area contributed by atoms with Crippen molar-refractivity contribution in [1.29, 1.82) is 0 Å². The average molecular weight is 450 g/mol. The maximum absolute atomic E-state index is 13.0. The van der Waals surface area contributed by atoms with Gasteiger partial charge in [0.1, 0.15) is 6.42 Å². The summed E-state index contributed by atoms with van der Waals surface area (Å²) in [7, 11) is 0. The van der Waals surface area contributed by atoms with Crippen LogP contribution in [0.4, 0.5) is 22.7 Å². The summed E-state index contributed by atoms with van der Waals surface area (Å²) in [5.41, 5.74) is 3.53. The molecular weight excluding hydrogens is 428 g/mol. The molecule has 2 heterocycles. The van der Waals surface area contributed by atoms with E-state index in [0.29, 0.717) is 35.6 Å². The molecule has 0 bridgehead atoms. The Morgan fingerprint density at radius 2 is 1.71 bits per heavy atom. The topological polar surface area (TPSA) is 91.4 Å². The van der Waals surface area contributed by atoms with Gasteiger partial charge >= 0.3 is 0 Å². The van der Waals surface area contributed by atoms with Gasteiger partial charge in [-0.2, -0.15) is 0 Å². The first-order chi connectivity index (χ1) is 16.6. The highest BCUT2D eigenvalue weighted by Gasteiger charge is 2.28. The minimum atomic E-state index is -0.344. The molecule has 3 aromatic carbocycles. The van der Waals surface area contributed by atoms with E-state index in [1.54, 1.807) is 41.6 Å². The third-order valence-corrected chi connectivity index (χ3v) is 5.77. The smallest absolute Gasteiger partial charge is 0.241 e. The molecule has 0 fully saturated rings. The molecular formula is C27H22N4O3. The van der Waals surface area contributed by atoms with Crippen molar-refractivity contribution in [1.82, 2.24) is 4.98 Å². The summed E-state index contributed by atoms with van der Waals surface area (Å²) in [6.07, 6.45) is 4.14. The minimum absolute atomic E-state index is 0.0953. The second-order valence-corrected chi connectivity index (χ2v) is 8.09. The molecule has 168 valence electrons. The van der Waals surface area contributed by atoms with Gasteiger partial charge in [-0.3, -0.25) is 24.3 Å². The number of aryl methyl sites for hydroxylation is 1. The number of aromatic nitrogens is 1. The molecule has 3 amide bonds. The summed E-state index contributed by atoms with van der Waals surface area (Å²) in [5, 5.41) is 7.63. The summed E-state index contributed by atoms with van der Waals surface area (Å²) >= 11 is 0. The normalized spacial score (nSPS) is 13.2. The summed E-state index contributed by atoms with van der Waals surface area (Å²) in [6.45, 7) is 0. The lowest BCUT2D eigenvalue weighted by Crippen LogP contribution is -2.26. The Hall–Kier alpha value is -4.52. The average Bonchev–Trinajstić information content (AvgIpc) is 2.98. The highest BCUT2D eigenvalue weighted by molar-refractivity contribution is 6.21. The Bertz CT molecular complexity index is 1380. The lowest BCUT2D eigenvalue weighted by Gasteiger charge is -2.23. The number of nitrogens with one attached hydrogen (secondary N) is 2. The van der Waals surface area contributed by atoms with E-state index in [1.165, 1.54) is 0 Å². The Morgan fingerprint density at radius 3 is 2.50 bits per heavy atom. The van der Waals surface area contributed by atoms with E-state index in [-0.39, 0.29) is 24.1 Å². The number of pyridine rings is 1. The predicted molar refractivity (Wildman–Crippen MR) is 132 cm³/mol. The fraction of sp³-hybridized carbons (Fsp3) is 0.111. The number of fused-ring (bicyclic) bond motifs is 3. The molecule has 7 nitrogen and oxygen atoms in total. The minimum Gasteiger partial charge on any atom is -0.326 e. The van der Waals surface area contributed by atoms with Crippen LogP contribution in [-0.4, -0.2) is 22.7 Å². The second kappa shape index (κ2) is 9.15. The van der Waals surface area contributed by atoms with Crippen molar-refractivity contribution in [2.24, 2.45) is 0 Å². The number of amides is 3. The van der Waals surface area contributed by atoms with Crippen molar-refractivity contribution in [3.8, 4) is 0 Å². The van der Waals surface area contributed by atoms with Crippen molar-refractivity contribution in [2.75, 3.05) is 15.5 Å². The molecule has 34 heavy (non-hydrogen) atoms. The van der Waals surface area contributed by atoms with Gasteiger partial charge in [0, 0.05) is 35.6 Å². The van der Waals surface area contributed by atoms with Crippen LogP contribution in [0.3, 0.4) is 0 Å². The maximum Gasteiger partial charge on any atom is 0.241 e. The van der Waals surface area contributed by atoms with Gasteiger partial charge in [-0.1, -0.05) is 30.3 Å². The van der Waals surface area contributed by atoms with Crippen molar-refractivity contribution in [2.45, 2.75) is 19.3 Å². The molecule has 4 aromatic rings. The summed E-state index contributed by atoms with van der Waals surface area (Å²) in [6, 6.07) is 22.3. The van der Waals surface area contributed by atoms with Gasteiger partial charge in [0.15, 0.2) is 0 Å². The zero-order chi connectivity index (χ0) is 23.5. The van der Waals surface area contributed by atoms with E-state index in [0.717, 1.165) is 16.3 Å². The third kappa shape index (κ3) is 4.36. The lowest BCUT2D eigenvalue weighted by molar-refractivity contribution is -0.124. The molecule has 0 spiro atoms. The number of hydrogen-bond acceptors (Lipinski definition) is 4. The zero-order valence-corrected chi connectivity index (χ0v) is 18.3. The van der Waals surface area contributed by atoms with Crippen LogP contribution in [0.2, 0.25) is 0 Å². The highest BCUT2D eigenvalue weighted by Crippen LogP contribution is 2.40. The molecule has 7 heteroatoms. The van der Waals surface area contributed by atoms with Gasteiger partial charge in [-0.25, -0.2) is 0 Å². The number of rotatable bonds is 5. The highest BCUT2D eigenvalue weighted by atomic mass is 16.2. The van der Waals surface area contributed by atoms with E-state index in [2.05, 4.69) is 15.6 Å². The summed E-state index contributed by atoms with van der Waals surface area (Å²) < 4.78 is 0. The van der Waals surface area contributed by atoms with Crippen LogP contribution in [-0.2, 0) is 20.8 Å². The Morgan fingerprint density at radius 1 is 0.941 bits per heavy atom. The molecule has 0 saturated heterocycles. The van der Waals surface area contributed by atoms with E-state index in [1.807, 2.05) is 48.5 Å². The van der Waals surface area contributed by atoms with Crippen LogP contribution >= 0.6 is 0 Å². The van der Waals surface area contributed by atoms with Crippen LogP contribution in [0.5, 0.6) is 0 Å². The van der Waals surface area contributed by atoms with Gasteiger partial charge in [-0.05, 0) is 59.8 Å². The van der Waals surface area contributed by atoms with Gasteiger partial charge < -0.3 is 10.6 Å². The fourth-order valence-electron chi connectivity index (χ4n) is 4.12. The van der Waals surface area contributed by atoms with Crippen molar-refractivity contribution < 1.29 is 14.4 Å². The van der Waals surface area contributed by atoms with Crippen LogP contribution in [0.1, 0.15) is 18.4 Å². The van der Waals surface area contributed by atoms with Crippen molar-refractivity contribution in [3.05, 3.63) is 90.8 Å². The van der Waals surface area contributed by atoms with Crippen LogP contribution in [0, 0.1) is 0 Å². The Kier molecular flexibility index (Phi) is 5.74. The standard InChI is InChI=1S/C27H22N4O3/c32-24(12-5-18-13-15-28-16-14-18)29-20-7-9-21(10-8-20)31-23-11-6-19-3-1-2-4-22(19)27(23)30-25(33)17-26(31)34/h1-4,6-11,13-16H,5,12,17H2,(H,29,32)(H,30,33). The summed E-state index contributed by atoms with van der Waals surface area (Å²) in [5.74, 6) is -0.758. The van der Waals surface area contributed by atoms with Crippen molar-refractivity contribution >= 4 is 51.2 Å². The first kappa shape index (κ1) is 21.3. The molecule has 1 aliphatic heterocycles. The summed E-state index contributed by atoms with van der Waals surface area (Å²) in [4.78, 5) is 43.3. The SMILES string of the molecule is O=C(CCc1ccncc1)Nc1ccc(N2C(=O)CC(=O)Nc3c2ccc2ccccc32)cc1. The fourth-order valence-corrected chi connectivity index (χ4v) is 4.12. The van der Waals surface area contributed by atoms with Gasteiger partial charge in [0.25, 0.3) is 0 Å². The molecule has 0 unspecified atom stereocenters. The lowest BCUT2D eigenvalue weighted by atomic mass is 10.1. The van der Waals surface area contributed by atoms with Crippen LogP contribution in [0.25, 0.3) is 10.8 Å². The monoisotopic (exact) mass is 450 g/mol. The van der Waals surface area contributed by atoms with Gasteiger partial charge in [0.2, 0.25) is 17.7 Å². The molecule has 1 aromatic heterocycles. The van der Waals surface area contributed by atoms with E-state index < -0.39 is 0 Å². The van der Waals surface area contributed by atoms with Crippen LogP contribution < -0.4 is 15.5 Å². The molecule has 0 radical (unpaired) electrons. The largest absolute Gasteiger partial charge is 0.326 e. The van der Waals surface area contributed by atoms with E-state index in [9.17, 15) is 14.4 Å². The van der Waals surface area contributed by atoms with Crippen LogP contribution in [0.15, 0.2) is 85.2 Å². The molecule has 0 aliphatic carbocycles. The molecule has 5 rings (SSSR count). The quantitative estimate of drug-likeness (QED) is 0.427. The molecule has 0 atom stereocenters. The van der Waals surface area contributed by atoms with E-state index in [4.69, 9.17) is 0 Å².